The lowest BCUT2D eigenvalue weighted by Crippen LogP contribution is -2.17. The Kier molecular flexibility index (Phi) is 4.81. The molecular formula is C15H20N4O2. The maximum Gasteiger partial charge on any atom is 0.235 e. The van der Waals surface area contributed by atoms with E-state index in [1.165, 1.54) is 0 Å². The highest BCUT2D eigenvalue weighted by Crippen LogP contribution is 2.13. The third-order valence-corrected chi connectivity index (χ3v) is 3.10. The number of aryl methyl sites for hydroxylation is 1. The van der Waals surface area contributed by atoms with E-state index >= 15 is 0 Å². The van der Waals surface area contributed by atoms with Crippen molar-refractivity contribution in [3.63, 3.8) is 0 Å². The van der Waals surface area contributed by atoms with Gasteiger partial charge in [-0.05, 0) is 38.1 Å². The van der Waals surface area contributed by atoms with Crippen molar-refractivity contribution in [3.8, 4) is 0 Å². The number of rotatable bonds is 6. The van der Waals surface area contributed by atoms with Gasteiger partial charge in [-0.15, -0.1) is 0 Å². The second kappa shape index (κ2) is 6.78. The molecule has 0 bridgehead atoms. The highest BCUT2D eigenvalue weighted by atomic mass is 16.6. The second-order valence-electron chi connectivity index (χ2n) is 4.68. The fourth-order valence-corrected chi connectivity index (χ4v) is 1.75. The van der Waals surface area contributed by atoms with Crippen LogP contribution < -0.4 is 10.6 Å². The maximum atomic E-state index is 5.88. The summed E-state index contributed by atoms with van der Waals surface area (Å²) < 4.78 is 5.27. The Balaban J connectivity index is 1.95. The summed E-state index contributed by atoms with van der Waals surface area (Å²) in [6.45, 7) is 5.03. The smallest absolute Gasteiger partial charge is 0.235 e. The van der Waals surface area contributed by atoms with Gasteiger partial charge in [0.25, 0.3) is 0 Å². The molecule has 1 aromatic carbocycles. The van der Waals surface area contributed by atoms with Crippen LogP contribution >= 0.6 is 0 Å². The average Bonchev–Trinajstić information content (AvgIpc) is 2.92. The predicted molar refractivity (Wildman–Crippen MR) is 82.1 cm³/mol. The fraction of sp³-hybridized carbons (Fsp3) is 0.333. The maximum absolute atomic E-state index is 5.88. The van der Waals surface area contributed by atoms with Gasteiger partial charge < -0.3 is 19.9 Å². The zero-order chi connectivity index (χ0) is 15.2. The van der Waals surface area contributed by atoms with Gasteiger partial charge in [-0.1, -0.05) is 5.16 Å². The van der Waals surface area contributed by atoms with E-state index in [4.69, 9.17) is 15.0 Å². The van der Waals surface area contributed by atoms with Gasteiger partial charge in [0.15, 0.2) is 12.4 Å². The molecule has 6 nitrogen and oxygen atoms in total. The number of oxime groups is 1. The number of hydrogen-bond donors (Lipinski definition) is 1. The normalized spacial score (nSPS) is 11.5. The average molecular weight is 288 g/mol. The van der Waals surface area contributed by atoms with Crippen molar-refractivity contribution in [3.05, 3.63) is 47.7 Å². The largest absolute Gasteiger partial charge is 0.442 e. The lowest BCUT2D eigenvalue weighted by Gasteiger charge is -2.16. The van der Waals surface area contributed by atoms with Gasteiger partial charge >= 0.3 is 0 Å². The number of amidine groups is 1. The van der Waals surface area contributed by atoms with E-state index < -0.39 is 0 Å². The third kappa shape index (κ3) is 3.98. The summed E-state index contributed by atoms with van der Waals surface area (Å²) in [6.07, 6.45) is 1.63. The summed E-state index contributed by atoms with van der Waals surface area (Å²) in [5.41, 5.74) is 7.83. The second-order valence-corrected chi connectivity index (χ2v) is 4.68. The van der Waals surface area contributed by atoms with Crippen LogP contribution in [0.1, 0.15) is 24.1 Å². The van der Waals surface area contributed by atoms with Crippen molar-refractivity contribution in [2.24, 2.45) is 10.9 Å². The van der Waals surface area contributed by atoms with Crippen LogP contribution in [0.25, 0.3) is 0 Å². The standard InChI is InChI=1S/C15H20N4O2/c1-4-19(3)13-7-5-12(6-8-13)15(16)18-20-10-14-17-9-11(2)21-14/h5-9H,4,10H2,1-3H3,(H2,16,18). The van der Waals surface area contributed by atoms with Crippen LogP contribution in [0, 0.1) is 6.92 Å². The monoisotopic (exact) mass is 288 g/mol. The molecule has 0 aliphatic heterocycles. The van der Waals surface area contributed by atoms with Crippen LogP contribution in [0.4, 0.5) is 5.69 Å². The van der Waals surface area contributed by atoms with Crippen molar-refractivity contribution in [1.82, 2.24) is 4.98 Å². The van der Waals surface area contributed by atoms with E-state index in [9.17, 15) is 0 Å². The lowest BCUT2D eigenvalue weighted by molar-refractivity contribution is 0.110. The van der Waals surface area contributed by atoms with Crippen LogP contribution in [0.5, 0.6) is 0 Å². The van der Waals surface area contributed by atoms with Gasteiger partial charge in [0.05, 0.1) is 6.20 Å². The van der Waals surface area contributed by atoms with Gasteiger partial charge in [0.1, 0.15) is 5.76 Å². The molecule has 2 rings (SSSR count). The molecule has 0 saturated heterocycles. The molecule has 0 aliphatic carbocycles. The zero-order valence-corrected chi connectivity index (χ0v) is 12.5. The van der Waals surface area contributed by atoms with Crippen LogP contribution in [-0.4, -0.2) is 24.4 Å². The molecule has 0 amide bonds. The number of benzene rings is 1. The topological polar surface area (TPSA) is 76.9 Å². The minimum absolute atomic E-state index is 0.158. The van der Waals surface area contributed by atoms with Gasteiger partial charge in [0.2, 0.25) is 5.89 Å². The van der Waals surface area contributed by atoms with Crippen molar-refractivity contribution in [1.29, 1.82) is 0 Å². The molecule has 2 N–H and O–H groups in total. The molecule has 0 spiro atoms. The van der Waals surface area contributed by atoms with Gasteiger partial charge in [0, 0.05) is 24.8 Å². The molecule has 0 radical (unpaired) electrons. The third-order valence-electron chi connectivity index (χ3n) is 3.10. The van der Waals surface area contributed by atoms with E-state index in [0.29, 0.717) is 11.7 Å². The summed E-state index contributed by atoms with van der Waals surface area (Å²) in [5.74, 6) is 1.54. The quantitative estimate of drug-likeness (QED) is 0.501. The Morgan fingerprint density at radius 3 is 2.67 bits per heavy atom. The van der Waals surface area contributed by atoms with Crippen LogP contribution in [0.15, 0.2) is 40.0 Å². The number of oxazole rings is 1. The van der Waals surface area contributed by atoms with Gasteiger partial charge in [-0.2, -0.15) is 0 Å². The molecule has 0 aliphatic rings. The van der Waals surface area contributed by atoms with Crippen LogP contribution in [0.2, 0.25) is 0 Å². The number of aromatic nitrogens is 1. The molecule has 0 saturated carbocycles. The first kappa shape index (κ1) is 14.9. The summed E-state index contributed by atoms with van der Waals surface area (Å²) >= 11 is 0. The summed E-state index contributed by atoms with van der Waals surface area (Å²) in [6, 6.07) is 7.83. The minimum atomic E-state index is 0.158. The Labute approximate surface area is 124 Å². The van der Waals surface area contributed by atoms with E-state index in [2.05, 4.69) is 22.0 Å². The van der Waals surface area contributed by atoms with Gasteiger partial charge in [-0.25, -0.2) is 4.98 Å². The molecule has 6 heteroatoms. The van der Waals surface area contributed by atoms with Crippen LogP contribution in [-0.2, 0) is 11.4 Å². The molecular weight excluding hydrogens is 268 g/mol. The zero-order valence-electron chi connectivity index (χ0n) is 12.5. The van der Waals surface area contributed by atoms with Crippen molar-refractivity contribution in [2.75, 3.05) is 18.5 Å². The number of anilines is 1. The fourth-order valence-electron chi connectivity index (χ4n) is 1.75. The molecule has 0 fully saturated rings. The van der Waals surface area contributed by atoms with Gasteiger partial charge in [-0.3, -0.25) is 0 Å². The molecule has 112 valence electrons. The minimum Gasteiger partial charge on any atom is -0.442 e. The van der Waals surface area contributed by atoms with Crippen molar-refractivity contribution >= 4 is 11.5 Å². The van der Waals surface area contributed by atoms with E-state index in [1.54, 1.807) is 6.20 Å². The molecule has 2 aromatic rings. The first-order chi connectivity index (χ1) is 10.1. The molecule has 21 heavy (non-hydrogen) atoms. The molecule has 0 atom stereocenters. The number of hydrogen-bond acceptors (Lipinski definition) is 5. The first-order valence-electron chi connectivity index (χ1n) is 6.78. The van der Waals surface area contributed by atoms with Crippen molar-refractivity contribution in [2.45, 2.75) is 20.5 Å². The van der Waals surface area contributed by atoms with E-state index in [1.807, 2.05) is 38.2 Å². The summed E-state index contributed by atoms with van der Waals surface area (Å²) in [4.78, 5) is 11.3. The Morgan fingerprint density at radius 2 is 2.10 bits per heavy atom. The number of nitrogens with two attached hydrogens (primary N) is 1. The Bertz CT molecular complexity index is 604. The molecule has 0 unspecified atom stereocenters. The Hall–Kier alpha value is -2.50. The Morgan fingerprint density at radius 1 is 1.38 bits per heavy atom. The van der Waals surface area contributed by atoms with Crippen molar-refractivity contribution < 1.29 is 9.25 Å². The van der Waals surface area contributed by atoms with E-state index in [-0.39, 0.29) is 6.61 Å². The highest BCUT2D eigenvalue weighted by molar-refractivity contribution is 5.97. The summed E-state index contributed by atoms with van der Waals surface area (Å²) in [7, 11) is 2.04. The highest BCUT2D eigenvalue weighted by Gasteiger charge is 2.03. The predicted octanol–water partition coefficient (Wildman–Crippen LogP) is 2.28. The molecule has 1 heterocycles. The summed E-state index contributed by atoms with van der Waals surface area (Å²) in [5, 5.41) is 3.87. The SMILES string of the molecule is CCN(C)c1ccc(/C(N)=N/OCc2ncc(C)o2)cc1. The first-order valence-corrected chi connectivity index (χ1v) is 6.78. The van der Waals surface area contributed by atoms with E-state index in [0.717, 1.165) is 23.6 Å². The molecule has 1 aromatic heterocycles. The lowest BCUT2D eigenvalue weighted by atomic mass is 10.2. The number of nitrogens with zero attached hydrogens (tertiary/aromatic N) is 3. The van der Waals surface area contributed by atoms with Crippen LogP contribution in [0.3, 0.4) is 0 Å².